The van der Waals surface area contributed by atoms with Gasteiger partial charge in [0, 0.05) is 33.0 Å². The third kappa shape index (κ3) is 3.69. The number of halogens is 1. The summed E-state index contributed by atoms with van der Waals surface area (Å²) in [5, 5.41) is 14.2. The number of anilines is 1. The number of nitrogens with zero attached hydrogens (tertiary/aromatic N) is 1. The van der Waals surface area contributed by atoms with Gasteiger partial charge in [-0.1, -0.05) is 12.1 Å². The minimum atomic E-state index is -0.685. The first kappa shape index (κ1) is 15.2. The second-order valence-electron chi connectivity index (χ2n) is 4.30. The van der Waals surface area contributed by atoms with Crippen LogP contribution in [-0.4, -0.2) is 10.8 Å². The van der Waals surface area contributed by atoms with Crippen molar-refractivity contribution in [2.75, 3.05) is 5.32 Å². The number of primary amides is 1. The molecule has 2 rings (SSSR count). The molecule has 2 aromatic rings. The predicted octanol–water partition coefficient (Wildman–Crippen LogP) is 2.91. The fourth-order valence-electron chi connectivity index (χ4n) is 1.83. The molecular weight excluding hydrogens is 385 g/mol. The topological polar surface area (TPSA) is 98.3 Å². The number of nitrogens with one attached hydrogen (secondary N) is 1. The van der Waals surface area contributed by atoms with Gasteiger partial charge in [0.25, 0.3) is 5.69 Å². The normalized spacial score (nSPS) is 10.1. The van der Waals surface area contributed by atoms with Gasteiger partial charge in [-0.15, -0.1) is 0 Å². The van der Waals surface area contributed by atoms with Crippen LogP contribution in [0.2, 0.25) is 0 Å². The van der Waals surface area contributed by atoms with Crippen LogP contribution >= 0.6 is 22.6 Å². The van der Waals surface area contributed by atoms with Gasteiger partial charge in [-0.25, -0.2) is 0 Å². The molecule has 2 aromatic carbocycles. The summed E-state index contributed by atoms with van der Waals surface area (Å²) in [5.74, 6) is -0.685. The molecule has 0 aromatic heterocycles. The number of nitro benzene ring substituents is 1. The quantitative estimate of drug-likeness (QED) is 0.461. The van der Waals surface area contributed by atoms with E-state index in [-0.39, 0.29) is 17.8 Å². The number of carbonyl (C=O) groups excluding carboxylic acids is 1. The number of rotatable bonds is 5. The lowest BCUT2D eigenvalue weighted by atomic mass is 10.1. The molecular formula is C14H12IN3O3. The van der Waals surface area contributed by atoms with Crippen LogP contribution in [0.25, 0.3) is 0 Å². The summed E-state index contributed by atoms with van der Waals surface area (Å²) >= 11 is 2.18. The molecule has 108 valence electrons. The Hall–Kier alpha value is -2.16. The van der Waals surface area contributed by atoms with Crippen molar-refractivity contribution in [3.8, 4) is 0 Å². The zero-order valence-corrected chi connectivity index (χ0v) is 13.0. The highest BCUT2D eigenvalue weighted by atomic mass is 127. The largest absolute Gasteiger partial charge is 0.380 e. The highest BCUT2D eigenvalue weighted by molar-refractivity contribution is 14.1. The Morgan fingerprint density at radius 3 is 2.62 bits per heavy atom. The Morgan fingerprint density at radius 1 is 1.29 bits per heavy atom. The SMILES string of the molecule is NC(=O)c1ccc(CNc2ccccc2I)c([N+](=O)[O-])c1. The van der Waals surface area contributed by atoms with E-state index in [1.54, 1.807) is 6.07 Å². The lowest BCUT2D eigenvalue weighted by Gasteiger charge is -2.09. The molecule has 7 heteroatoms. The minimum Gasteiger partial charge on any atom is -0.380 e. The molecule has 0 saturated carbocycles. The Morgan fingerprint density at radius 2 is 2.00 bits per heavy atom. The monoisotopic (exact) mass is 397 g/mol. The summed E-state index contributed by atoms with van der Waals surface area (Å²) in [6.45, 7) is 0.287. The summed E-state index contributed by atoms with van der Waals surface area (Å²) < 4.78 is 1.02. The zero-order valence-electron chi connectivity index (χ0n) is 10.9. The summed E-state index contributed by atoms with van der Waals surface area (Å²) in [6.07, 6.45) is 0. The van der Waals surface area contributed by atoms with Crippen molar-refractivity contribution in [3.05, 3.63) is 67.3 Å². The average Bonchev–Trinajstić information content (AvgIpc) is 2.46. The fourth-order valence-corrected chi connectivity index (χ4v) is 2.41. The lowest BCUT2D eigenvalue weighted by Crippen LogP contribution is -2.12. The molecule has 0 saturated heterocycles. The molecule has 0 heterocycles. The smallest absolute Gasteiger partial charge is 0.275 e. The molecule has 0 atom stereocenters. The first-order valence-corrected chi connectivity index (χ1v) is 7.12. The fraction of sp³-hybridized carbons (Fsp3) is 0.0714. The number of hydrogen-bond donors (Lipinski definition) is 2. The molecule has 0 aliphatic rings. The van der Waals surface area contributed by atoms with E-state index in [1.165, 1.54) is 12.1 Å². The van der Waals surface area contributed by atoms with Crippen LogP contribution in [0.15, 0.2) is 42.5 Å². The average molecular weight is 397 g/mol. The Bertz CT molecular complexity index is 704. The van der Waals surface area contributed by atoms with E-state index >= 15 is 0 Å². The van der Waals surface area contributed by atoms with Gasteiger partial charge >= 0.3 is 0 Å². The highest BCUT2D eigenvalue weighted by Crippen LogP contribution is 2.23. The lowest BCUT2D eigenvalue weighted by molar-refractivity contribution is -0.385. The van der Waals surface area contributed by atoms with E-state index < -0.39 is 10.8 Å². The van der Waals surface area contributed by atoms with Crippen LogP contribution in [-0.2, 0) is 6.54 Å². The maximum Gasteiger partial charge on any atom is 0.275 e. The van der Waals surface area contributed by atoms with Gasteiger partial charge in [-0.05, 0) is 46.9 Å². The van der Waals surface area contributed by atoms with Crippen molar-refractivity contribution in [1.82, 2.24) is 0 Å². The first-order chi connectivity index (χ1) is 9.99. The minimum absolute atomic E-state index is 0.121. The van der Waals surface area contributed by atoms with Crippen molar-refractivity contribution >= 4 is 39.9 Å². The van der Waals surface area contributed by atoms with Crippen molar-refractivity contribution in [2.24, 2.45) is 5.73 Å². The first-order valence-electron chi connectivity index (χ1n) is 6.04. The van der Waals surface area contributed by atoms with E-state index in [2.05, 4.69) is 27.9 Å². The zero-order chi connectivity index (χ0) is 15.4. The van der Waals surface area contributed by atoms with E-state index in [4.69, 9.17) is 5.73 Å². The molecule has 21 heavy (non-hydrogen) atoms. The molecule has 0 unspecified atom stereocenters. The van der Waals surface area contributed by atoms with E-state index in [9.17, 15) is 14.9 Å². The van der Waals surface area contributed by atoms with Gasteiger partial charge in [0.15, 0.2) is 0 Å². The Labute approximate surface area is 134 Å². The maximum atomic E-state index is 11.1. The van der Waals surface area contributed by atoms with Crippen LogP contribution in [0.4, 0.5) is 11.4 Å². The molecule has 6 nitrogen and oxygen atoms in total. The highest BCUT2D eigenvalue weighted by Gasteiger charge is 2.16. The van der Waals surface area contributed by atoms with Gasteiger partial charge in [-0.2, -0.15) is 0 Å². The number of nitro groups is 1. The second-order valence-corrected chi connectivity index (χ2v) is 5.46. The number of benzene rings is 2. The number of hydrogen-bond acceptors (Lipinski definition) is 4. The molecule has 1 amide bonds. The van der Waals surface area contributed by atoms with Crippen molar-refractivity contribution < 1.29 is 9.72 Å². The summed E-state index contributed by atoms with van der Waals surface area (Å²) in [7, 11) is 0. The van der Waals surface area contributed by atoms with Crippen LogP contribution in [0.3, 0.4) is 0 Å². The summed E-state index contributed by atoms with van der Waals surface area (Å²) in [5.41, 5.74) is 6.53. The molecule has 0 fully saturated rings. The predicted molar refractivity (Wildman–Crippen MR) is 88.1 cm³/mol. The van der Waals surface area contributed by atoms with Gasteiger partial charge in [0.2, 0.25) is 5.91 Å². The molecule has 0 bridgehead atoms. The summed E-state index contributed by atoms with van der Waals surface area (Å²) in [4.78, 5) is 21.7. The van der Waals surface area contributed by atoms with E-state index in [0.717, 1.165) is 9.26 Å². The number of amides is 1. The summed E-state index contributed by atoms with van der Waals surface area (Å²) in [6, 6.07) is 11.9. The Kier molecular flexibility index (Phi) is 4.73. The molecule has 3 N–H and O–H groups in total. The molecule has 0 radical (unpaired) electrons. The number of carbonyl (C=O) groups is 1. The molecule has 0 spiro atoms. The van der Waals surface area contributed by atoms with Crippen LogP contribution in [0.1, 0.15) is 15.9 Å². The van der Waals surface area contributed by atoms with Gasteiger partial charge < -0.3 is 11.1 Å². The maximum absolute atomic E-state index is 11.1. The number of para-hydroxylation sites is 1. The van der Waals surface area contributed by atoms with Crippen molar-refractivity contribution in [3.63, 3.8) is 0 Å². The second kappa shape index (κ2) is 6.53. The van der Waals surface area contributed by atoms with Crippen LogP contribution < -0.4 is 11.1 Å². The van der Waals surface area contributed by atoms with Crippen LogP contribution in [0.5, 0.6) is 0 Å². The number of nitrogens with two attached hydrogens (primary N) is 1. The van der Waals surface area contributed by atoms with Crippen molar-refractivity contribution in [2.45, 2.75) is 6.54 Å². The van der Waals surface area contributed by atoms with Crippen molar-refractivity contribution in [1.29, 1.82) is 0 Å². The van der Waals surface area contributed by atoms with Gasteiger partial charge in [-0.3, -0.25) is 14.9 Å². The van der Waals surface area contributed by atoms with Gasteiger partial charge in [0.05, 0.1) is 4.92 Å². The molecule has 0 aliphatic heterocycles. The van der Waals surface area contributed by atoms with E-state index in [0.29, 0.717) is 5.56 Å². The van der Waals surface area contributed by atoms with Gasteiger partial charge in [0.1, 0.15) is 0 Å². The third-order valence-corrected chi connectivity index (χ3v) is 3.85. The molecule has 0 aliphatic carbocycles. The Balaban J connectivity index is 2.26. The standard InChI is InChI=1S/C14H12IN3O3/c15-11-3-1-2-4-12(11)17-8-10-6-5-9(14(16)19)7-13(10)18(20)21/h1-7,17H,8H2,(H2,16,19). The van der Waals surface area contributed by atoms with Crippen LogP contribution in [0, 0.1) is 13.7 Å². The third-order valence-electron chi connectivity index (χ3n) is 2.91. The van der Waals surface area contributed by atoms with E-state index in [1.807, 2.05) is 24.3 Å².